The molecule has 1 heterocycles. The number of hydrogen-bond donors (Lipinski definition) is 8. The van der Waals surface area contributed by atoms with Crippen LogP contribution in [0.1, 0.15) is 213 Å². The molecule has 0 aromatic heterocycles. The molecule has 1 amide bonds. The van der Waals surface area contributed by atoms with E-state index < -0.39 is 74.2 Å². The van der Waals surface area contributed by atoms with Gasteiger partial charge < -0.3 is 50.5 Å². The van der Waals surface area contributed by atoms with Gasteiger partial charge >= 0.3 is 0 Å². The summed E-state index contributed by atoms with van der Waals surface area (Å²) in [7, 11) is 0. The summed E-state index contributed by atoms with van der Waals surface area (Å²) < 4.78 is 11.1. The second kappa shape index (κ2) is 39.2. The number of aliphatic hydroxyl groups is 7. The van der Waals surface area contributed by atoms with Gasteiger partial charge in [-0.2, -0.15) is 0 Å². The lowest BCUT2D eigenvalue weighted by atomic mass is 9.98. The molecule has 0 aliphatic carbocycles. The van der Waals surface area contributed by atoms with E-state index in [2.05, 4.69) is 43.5 Å². The topological polar surface area (TPSA) is 189 Å². The largest absolute Gasteiger partial charge is 0.394 e. The molecular formula is C49H93NO10. The SMILES string of the molecule is CCCCCC/C=C\CCCCCCCCCCCCC[C@@H](O)C(=O)N[C@@H](CO[C@@H]1O[C@H](CO)[C@@H](O)[C@H](O)[C@H]1O)[C@H](O)[C@H](O)CCCCCCCC/C=C\CCCCCC. The van der Waals surface area contributed by atoms with Crippen LogP contribution in [0.4, 0.5) is 0 Å². The molecule has 11 heteroatoms. The number of nitrogens with one attached hydrogen (secondary N) is 1. The summed E-state index contributed by atoms with van der Waals surface area (Å²) in [6, 6.07) is -1.17. The number of rotatable bonds is 41. The van der Waals surface area contributed by atoms with Crippen molar-refractivity contribution < 1.29 is 50.0 Å². The van der Waals surface area contributed by atoms with E-state index in [9.17, 15) is 40.5 Å². The van der Waals surface area contributed by atoms with Gasteiger partial charge in [-0.3, -0.25) is 4.79 Å². The Morgan fingerprint density at radius 3 is 1.40 bits per heavy atom. The predicted molar refractivity (Wildman–Crippen MR) is 242 cm³/mol. The van der Waals surface area contributed by atoms with Crippen molar-refractivity contribution >= 4 is 5.91 Å². The Hall–Kier alpha value is -1.41. The first kappa shape index (κ1) is 56.6. The normalized spacial score (nSPS) is 21.8. The zero-order chi connectivity index (χ0) is 44.1. The molecule has 11 nitrogen and oxygen atoms in total. The standard InChI is InChI=1S/C49H93NO10/c1-3-5-7-9-11-13-15-17-19-20-21-22-23-25-27-29-31-33-35-37-42(53)48(58)50-40(39-59-49-47(57)46(56)45(55)43(38-51)60-49)44(54)41(52)36-34-32-30-28-26-24-18-16-14-12-10-8-6-4-2/h13-16,40-47,49,51-57H,3-12,17-39H2,1-2H3,(H,50,58)/b15-13-,16-14-/t40-,41+,42+,43+,44-,45+,46-,47+,49+/m0/s1. The van der Waals surface area contributed by atoms with Crippen molar-refractivity contribution in [2.24, 2.45) is 0 Å². The number of carbonyl (C=O) groups is 1. The monoisotopic (exact) mass is 856 g/mol. The molecule has 0 aromatic carbocycles. The lowest BCUT2D eigenvalue weighted by Gasteiger charge is -2.40. The number of carbonyl (C=O) groups excluding carboxylic acids is 1. The Balaban J connectivity index is 2.41. The molecule has 0 aromatic rings. The molecule has 1 saturated heterocycles. The molecule has 0 radical (unpaired) electrons. The summed E-state index contributed by atoms with van der Waals surface area (Å²) in [6.07, 6.45) is 32.1. The molecule has 0 bridgehead atoms. The molecule has 60 heavy (non-hydrogen) atoms. The van der Waals surface area contributed by atoms with Gasteiger partial charge in [0.05, 0.1) is 25.4 Å². The van der Waals surface area contributed by atoms with Crippen LogP contribution in [-0.4, -0.2) is 110 Å². The average molecular weight is 856 g/mol. The van der Waals surface area contributed by atoms with Gasteiger partial charge in [0.15, 0.2) is 6.29 Å². The molecule has 1 aliphatic rings. The van der Waals surface area contributed by atoms with Crippen LogP contribution in [0, 0.1) is 0 Å². The first-order valence-electron chi connectivity index (χ1n) is 24.7. The van der Waals surface area contributed by atoms with Crippen LogP contribution in [-0.2, 0) is 14.3 Å². The summed E-state index contributed by atoms with van der Waals surface area (Å²) in [4.78, 5) is 13.1. The summed E-state index contributed by atoms with van der Waals surface area (Å²) in [5.41, 5.74) is 0. The van der Waals surface area contributed by atoms with E-state index in [1.165, 1.54) is 109 Å². The molecule has 0 unspecified atom stereocenters. The van der Waals surface area contributed by atoms with Crippen molar-refractivity contribution in [2.45, 2.75) is 268 Å². The van der Waals surface area contributed by atoms with Gasteiger partial charge in [-0.15, -0.1) is 0 Å². The third kappa shape index (κ3) is 28.3. The van der Waals surface area contributed by atoms with Crippen molar-refractivity contribution in [1.82, 2.24) is 5.32 Å². The van der Waals surface area contributed by atoms with Gasteiger partial charge in [0.2, 0.25) is 5.91 Å². The molecule has 9 atom stereocenters. The average Bonchev–Trinajstić information content (AvgIpc) is 3.25. The second-order valence-corrected chi connectivity index (χ2v) is 17.5. The minimum absolute atomic E-state index is 0.258. The maximum absolute atomic E-state index is 13.1. The fourth-order valence-electron chi connectivity index (χ4n) is 7.84. The van der Waals surface area contributed by atoms with Gasteiger partial charge in [0.1, 0.15) is 36.6 Å². The Labute approximate surface area is 365 Å². The minimum atomic E-state index is -1.66. The lowest BCUT2D eigenvalue weighted by molar-refractivity contribution is -0.303. The van der Waals surface area contributed by atoms with Crippen LogP contribution >= 0.6 is 0 Å². The maximum atomic E-state index is 13.1. The maximum Gasteiger partial charge on any atom is 0.249 e. The first-order valence-corrected chi connectivity index (χ1v) is 24.7. The number of amides is 1. The Bertz CT molecular complexity index is 1030. The van der Waals surface area contributed by atoms with Crippen molar-refractivity contribution in [1.29, 1.82) is 0 Å². The van der Waals surface area contributed by atoms with Gasteiger partial charge in [-0.1, -0.05) is 173 Å². The highest BCUT2D eigenvalue weighted by Crippen LogP contribution is 2.23. The third-order valence-electron chi connectivity index (χ3n) is 12.0. The van der Waals surface area contributed by atoms with Crippen LogP contribution in [0.25, 0.3) is 0 Å². The van der Waals surface area contributed by atoms with E-state index in [-0.39, 0.29) is 6.42 Å². The van der Waals surface area contributed by atoms with E-state index in [1.807, 2.05) is 0 Å². The minimum Gasteiger partial charge on any atom is -0.394 e. The van der Waals surface area contributed by atoms with E-state index in [0.717, 1.165) is 64.2 Å². The quantitative estimate of drug-likeness (QED) is 0.0218. The summed E-state index contributed by atoms with van der Waals surface area (Å²) in [6.45, 7) is 3.42. The molecule has 1 fully saturated rings. The predicted octanol–water partition coefficient (Wildman–Crippen LogP) is 8.62. The number of aliphatic hydroxyl groups excluding tert-OH is 7. The van der Waals surface area contributed by atoms with Crippen LogP contribution in [0.15, 0.2) is 24.3 Å². The highest BCUT2D eigenvalue weighted by molar-refractivity contribution is 5.80. The van der Waals surface area contributed by atoms with Gasteiger partial charge in [0.25, 0.3) is 0 Å². The molecule has 0 spiro atoms. The Morgan fingerprint density at radius 2 is 0.967 bits per heavy atom. The van der Waals surface area contributed by atoms with Crippen LogP contribution < -0.4 is 5.32 Å². The fraction of sp³-hybridized carbons (Fsp3) is 0.898. The van der Waals surface area contributed by atoms with Gasteiger partial charge in [-0.25, -0.2) is 0 Å². The summed E-state index contributed by atoms with van der Waals surface area (Å²) in [5, 5.41) is 75.8. The molecule has 354 valence electrons. The highest BCUT2D eigenvalue weighted by Gasteiger charge is 2.44. The fourth-order valence-corrected chi connectivity index (χ4v) is 7.84. The number of unbranched alkanes of at least 4 members (excludes halogenated alkanes) is 25. The zero-order valence-corrected chi connectivity index (χ0v) is 38.2. The molecule has 0 saturated carbocycles. The molecular weight excluding hydrogens is 763 g/mol. The van der Waals surface area contributed by atoms with Crippen molar-refractivity contribution in [2.75, 3.05) is 13.2 Å². The van der Waals surface area contributed by atoms with Crippen molar-refractivity contribution in [3.8, 4) is 0 Å². The number of allylic oxidation sites excluding steroid dienone is 4. The molecule has 8 N–H and O–H groups in total. The van der Waals surface area contributed by atoms with E-state index in [0.29, 0.717) is 19.3 Å². The molecule has 1 aliphatic heterocycles. The Morgan fingerprint density at radius 1 is 0.567 bits per heavy atom. The Kier molecular flexibility index (Phi) is 37.0. The van der Waals surface area contributed by atoms with Gasteiger partial charge in [0, 0.05) is 0 Å². The number of hydrogen-bond acceptors (Lipinski definition) is 10. The van der Waals surface area contributed by atoms with E-state index >= 15 is 0 Å². The highest BCUT2D eigenvalue weighted by atomic mass is 16.7. The number of ether oxygens (including phenoxy) is 2. The second-order valence-electron chi connectivity index (χ2n) is 17.5. The van der Waals surface area contributed by atoms with E-state index in [1.54, 1.807) is 0 Å². The van der Waals surface area contributed by atoms with Crippen LogP contribution in [0.2, 0.25) is 0 Å². The summed E-state index contributed by atoms with van der Waals surface area (Å²) >= 11 is 0. The lowest BCUT2D eigenvalue weighted by Crippen LogP contribution is -2.60. The zero-order valence-electron chi connectivity index (χ0n) is 38.2. The van der Waals surface area contributed by atoms with Crippen molar-refractivity contribution in [3.05, 3.63) is 24.3 Å². The van der Waals surface area contributed by atoms with Gasteiger partial charge in [-0.05, 0) is 64.2 Å². The van der Waals surface area contributed by atoms with Crippen molar-refractivity contribution in [3.63, 3.8) is 0 Å². The van der Waals surface area contributed by atoms with Crippen LogP contribution in [0.5, 0.6) is 0 Å². The third-order valence-corrected chi connectivity index (χ3v) is 12.0. The smallest absolute Gasteiger partial charge is 0.249 e. The summed E-state index contributed by atoms with van der Waals surface area (Å²) in [5.74, 6) is -0.701. The molecule has 1 rings (SSSR count). The first-order chi connectivity index (χ1) is 29.2. The van der Waals surface area contributed by atoms with Crippen LogP contribution in [0.3, 0.4) is 0 Å². The van der Waals surface area contributed by atoms with E-state index in [4.69, 9.17) is 9.47 Å².